The normalized spacial score (nSPS) is 13.2. The van der Waals surface area contributed by atoms with Crippen molar-refractivity contribution in [2.45, 2.75) is 37.8 Å². The minimum absolute atomic E-state index is 0.00490. The highest BCUT2D eigenvalue weighted by molar-refractivity contribution is 7.91. The Morgan fingerprint density at radius 3 is 2.68 bits per heavy atom. The third-order valence-electron chi connectivity index (χ3n) is 6.27. The third kappa shape index (κ3) is 5.72. The highest BCUT2D eigenvalue weighted by atomic mass is 35.5. The van der Waals surface area contributed by atoms with Crippen LogP contribution in [0, 0.1) is 0 Å². The number of hydrogen-bond acceptors (Lipinski definition) is 6. The second kappa shape index (κ2) is 11.3. The van der Waals surface area contributed by atoms with Crippen LogP contribution in [0.1, 0.15) is 20.3 Å². The number of benzene rings is 2. The van der Waals surface area contributed by atoms with Crippen LogP contribution in [-0.2, 0) is 9.84 Å². The Morgan fingerprint density at radius 2 is 1.97 bits per heavy atom. The topological polar surface area (TPSA) is 95.5 Å². The zero-order valence-corrected chi connectivity index (χ0v) is 22.0. The highest BCUT2D eigenvalue weighted by Gasteiger charge is 2.23. The van der Waals surface area contributed by atoms with Crippen molar-refractivity contribution in [3.8, 4) is 16.9 Å². The first-order valence-electron chi connectivity index (χ1n) is 11.9. The van der Waals surface area contributed by atoms with Crippen molar-refractivity contribution in [2.75, 3.05) is 25.4 Å². The minimum Gasteiger partial charge on any atom is -0.491 e. The number of aromatic nitrogens is 2. The number of nitrogens with one attached hydrogen (secondary N) is 1. The molecule has 2 aromatic heterocycles. The predicted octanol–water partition coefficient (Wildman–Crippen LogP) is 5.50. The molecule has 198 valence electrons. The van der Waals surface area contributed by atoms with Crippen molar-refractivity contribution in [2.24, 2.45) is 0 Å². The molecule has 0 aliphatic carbocycles. The quantitative estimate of drug-likeness (QED) is 0.189. The van der Waals surface area contributed by atoms with E-state index < -0.39 is 22.5 Å². The van der Waals surface area contributed by atoms with E-state index in [4.69, 9.17) is 16.3 Å². The van der Waals surface area contributed by atoms with Gasteiger partial charge in [-0.25, -0.2) is 22.2 Å². The Morgan fingerprint density at radius 1 is 1.19 bits per heavy atom. The molecule has 0 aliphatic heterocycles. The van der Waals surface area contributed by atoms with Gasteiger partial charge >= 0.3 is 0 Å². The lowest BCUT2D eigenvalue weighted by Crippen LogP contribution is -2.41. The van der Waals surface area contributed by atoms with Gasteiger partial charge < -0.3 is 14.8 Å². The Kier molecular flexibility index (Phi) is 8.33. The fourth-order valence-corrected chi connectivity index (χ4v) is 5.39. The Labute approximate surface area is 218 Å². The Balaban J connectivity index is 1.71. The van der Waals surface area contributed by atoms with Gasteiger partial charge in [-0.2, -0.15) is 0 Å². The molecule has 7 nitrogen and oxygen atoms in total. The molecule has 37 heavy (non-hydrogen) atoms. The summed E-state index contributed by atoms with van der Waals surface area (Å²) in [5, 5.41) is 11.6. The maximum absolute atomic E-state index is 12.9. The van der Waals surface area contributed by atoms with Crippen molar-refractivity contribution in [1.82, 2.24) is 14.9 Å². The van der Waals surface area contributed by atoms with Crippen molar-refractivity contribution in [3.63, 3.8) is 0 Å². The summed E-state index contributed by atoms with van der Waals surface area (Å²) >= 11 is 6.25. The lowest BCUT2D eigenvalue weighted by Gasteiger charge is -2.25. The van der Waals surface area contributed by atoms with E-state index in [1.807, 2.05) is 12.1 Å². The largest absolute Gasteiger partial charge is 0.491 e. The molecule has 2 N–H and O–H groups in total. The van der Waals surface area contributed by atoms with Crippen LogP contribution in [0.3, 0.4) is 0 Å². The lowest BCUT2D eigenvalue weighted by molar-refractivity contribution is -0.0994. The SMILES string of the molecule is CCN(CCCOc1ccc(-c2cccc(S(=O)(=O)CC)c2)c2c1[nH]c1ncc(Cl)cc12)C(O)C(F)F. The lowest BCUT2D eigenvalue weighted by atomic mass is 9.99. The number of ether oxygens (including phenoxy) is 1. The molecular formula is C26H28ClF2N3O4S. The Bertz CT molecular complexity index is 1510. The van der Waals surface area contributed by atoms with Crippen LogP contribution in [0.5, 0.6) is 5.75 Å². The van der Waals surface area contributed by atoms with Gasteiger partial charge in [-0.3, -0.25) is 4.90 Å². The number of aromatic amines is 1. The molecule has 2 aromatic carbocycles. The van der Waals surface area contributed by atoms with Crippen LogP contribution in [0.2, 0.25) is 5.02 Å². The number of rotatable bonds is 11. The number of sulfone groups is 1. The van der Waals surface area contributed by atoms with Crippen LogP contribution >= 0.6 is 11.6 Å². The number of pyridine rings is 1. The average Bonchev–Trinajstić information content (AvgIpc) is 3.27. The molecule has 0 bridgehead atoms. The monoisotopic (exact) mass is 551 g/mol. The van der Waals surface area contributed by atoms with E-state index in [1.165, 1.54) is 11.1 Å². The van der Waals surface area contributed by atoms with Crippen molar-refractivity contribution < 1.29 is 27.0 Å². The zero-order chi connectivity index (χ0) is 26.7. The minimum atomic E-state index is -3.40. The van der Waals surface area contributed by atoms with Gasteiger partial charge in [0.1, 0.15) is 11.4 Å². The number of H-pyrrole nitrogens is 1. The summed E-state index contributed by atoms with van der Waals surface area (Å²) in [7, 11) is -3.40. The van der Waals surface area contributed by atoms with E-state index in [2.05, 4.69) is 9.97 Å². The highest BCUT2D eigenvalue weighted by Crippen LogP contribution is 2.40. The first-order valence-corrected chi connectivity index (χ1v) is 14.0. The van der Waals surface area contributed by atoms with Crippen LogP contribution < -0.4 is 4.74 Å². The maximum Gasteiger partial charge on any atom is 0.277 e. The van der Waals surface area contributed by atoms with E-state index in [0.717, 1.165) is 16.3 Å². The summed E-state index contributed by atoms with van der Waals surface area (Å²) in [6.07, 6.45) is -2.71. The van der Waals surface area contributed by atoms with Crippen molar-refractivity contribution >= 4 is 43.4 Å². The van der Waals surface area contributed by atoms with E-state index in [9.17, 15) is 22.3 Å². The summed E-state index contributed by atoms with van der Waals surface area (Å²) in [4.78, 5) is 9.19. The molecule has 1 unspecified atom stereocenters. The number of halogens is 3. The molecule has 11 heteroatoms. The molecular weight excluding hydrogens is 524 g/mol. The summed E-state index contributed by atoms with van der Waals surface area (Å²) < 4.78 is 56.7. The van der Waals surface area contributed by atoms with Crippen LogP contribution in [0.25, 0.3) is 33.1 Å². The fraction of sp³-hybridized carbons (Fsp3) is 0.346. The molecule has 4 aromatic rings. The first-order chi connectivity index (χ1) is 17.7. The fourth-order valence-electron chi connectivity index (χ4n) is 4.31. The van der Waals surface area contributed by atoms with E-state index in [1.54, 1.807) is 44.2 Å². The zero-order valence-electron chi connectivity index (χ0n) is 20.4. The predicted molar refractivity (Wildman–Crippen MR) is 141 cm³/mol. The maximum atomic E-state index is 12.9. The van der Waals surface area contributed by atoms with Crippen LogP contribution in [-0.4, -0.2) is 66.5 Å². The number of aliphatic hydroxyl groups excluding tert-OH is 1. The van der Waals surface area contributed by atoms with Gasteiger partial charge in [0, 0.05) is 23.5 Å². The van der Waals surface area contributed by atoms with Crippen molar-refractivity contribution in [3.05, 3.63) is 53.7 Å². The molecule has 2 heterocycles. The molecule has 0 radical (unpaired) electrons. The second-order valence-corrected chi connectivity index (χ2v) is 11.3. The van der Waals surface area contributed by atoms with Gasteiger partial charge in [0.05, 0.1) is 27.8 Å². The molecule has 4 rings (SSSR count). The van der Waals surface area contributed by atoms with Crippen LogP contribution in [0.15, 0.2) is 53.6 Å². The number of aliphatic hydroxyl groups is 1. The molecule has 0 saturated heterocycles. The van der Waals surface area contributed by atoms with Gasteiger partial charge in [-0.1, -0.05) is 37.6 Å². The summed E-state index contributed by atoms with van der Waals surface area (Å²) in [5.74, 6) is 0.525. The summed E-state index contributed by atoms with van der Waals surface area (Å²) in [6, 6.07) is 12.2. The number of fused-ring (bicyclic) bond motifs is 3. The number of alkyl halides is 2. The molecule has 0 aliphatic rings. The molecule has 0 amide bonds. The summed E-state index contributed by atoms with van der Waals surface area (Å²) in [5.41, 5.74) is 2.74. The first kappa shape index (κ1) is 27.3. The van der Waals surface area contributed by atoms with Gasteiger partial charge in [0.25, 0.3) is 6.43 Å². The molecule has 1 atom stereocenters. The average molecular weight is 552 g/mol. The third-order valence-corrected chi connectivity index (χ3v) is 8.21. The second-order valence-electron chi connectivity index (χ2n) is 8.55. The molecule has 0 spiro atoms. The van der Waals surface area contributed by atoms with Gasteiger partial charge in [-0.05, 0) is 54.4 Å². The Hall–Kier alpha value is -2.79. The molecule has 0 saturated carbocycles. The summed E-state index contributed by atoms with van der Waals surface area (Å²) in [6.45, 7) is 4.07. The standard InChI is InChI=1S/C26H28ClF2N3O4S/c1-3-32(26(33)24(28)29)11-6-12-36-21-10-9-19(16-7-5-8-18(13-16)37(34,35)4-2)22-20-14-17(27)15-30-25(20)31-23(21)22/h5,7-10,13-15,24,26,33H,3-4,6,11-12H2,1-2H3,(H,30,31). The van der Waals surface area contributed by atoms with Gasteiger partial charge in [0.15, 0.2) is 16.1 Å². The van der Waals surface area contributed by atoms with E-state index in [0.29, 0.717) is 33.9 Å². The van der Waals surface area contributed by atoms with Crippen molar-refractivity contribution in [1.29, 1.82) is 0 Å². The van der Waals surface area contributed by atoms with Gasteiger partial charge in [-0.15, -0.1) is 0 Å². The van der Waals surface area contributed by atoms with E-state index in [-0.39, 0.29) is 30.3 Å². The van der Waals surface area contributed by atoms with Crippen LogP contribution in [0.4, 0.5) is 8.78 Å². The smallest absolute Gasteiger partial charge is 0.277 e. The number of hydrogen-bond donors (Lipinski definition) is 2. The molecule has 0 fully saturated rings. The number of nitrogens with zero attached hydrogens (tertiary/aromatic N) is 2. The van der Waals surface area contributed by atoms with Gasteiger partial charge in [0.2, 0.25) is 0 Å². The van der Waals surface area contributed by atoms with E-state index >= 15 is 0 Å².